The first kappa shape index (κ1) is 24.1. The average Bonchev–Trinajstić information content (AvgIpc) is 1.90. The van der Waals surface area contributed by atoms with Gasteiger partial charge in [-0.3, -0.25) is 0 Å². The topological polar surface area (TPSA) is 0 Å². The molecule has 72 valence electrons. The van der Waals surface area contributed by atoms with Gasteiger partial charge in [0.05, 0.1) is 0 Å². The Balaban J connectivity index is -0.000000101. The second-order valence-corrected chi connectivity index (χ2v) is 5.10. The van der Waals surface area contributed by atoms with Gasteiger partial charge in [-0.25, -0.2) is 0 Å². The average molecular weight is 312 g/mol. The van der Waals surface area contributed by atoms with E-state index in [-0.39, 0.29) is 54.6 Å². The normalized spacial score (nSPS) is 7.00. The third-order valence-corrected chi connectivity index (χ3v) is 2.81. The van der Waals surface area contributed by atoms with E-state index < -0.39 is 6.63 Å². The predicted octanol–water partition coefficient (Wildman–Crippen LogP) is -6.27. The van der Waals surface area contributed by atoms with Gasteiger partial charge in [-0.15, -0.1) is 0 Å². The second kappa shape index (κ2) is 13.6. The molecule has 0 heterocycles. The summed E-state index contributed by atoms with van der Waals surface area (Å²) < 4.78 is 0. The van der Waals surface area contributed by atoms with E-state index in [1.807, 2.05) is 30.3 Å². The first-order chi connectivity index (χ1) is 4.30. The first-order valence-electron chi connectivity index (χ1n) is 2.47. The molecule has 1 aromatic carbocycles. The molecule has 13 heavy (non-hydrogen) atoms. The van der Waals surface area contributed by atoms with E-state index in [0.29, 0.717) is 0 Å². The smallest absolute Gasteiger partial charge is 1.00 e. The van der Waals surface area contributed by atoms with E-state index >= 15 is 0 Å². The van der Waals surface area contributed by atoms with Gasteiger partial charge in [-0.05, 0) is 0 Å². The van der Waals surface area contributed by atoms with Crippen LogP contribution in [0.2, 0.25) is 0 Å². The van der Waals surface area contributed by atoms with Gasteiger partial charge in [0.25, 0.3) is 0 Å². The second-order valence-electron chi connectivity index (χ2n) is 1.57. The molecule has 0 amide bonds. The Hall–Kier alpha value is 1.63. The van der Waals surface area contributed by atoms with E-state index in [9.17, 15) is 0 Å². The van der Waals surface area contributed by atoms with Crippen LogP contribution >= 0.6 is 29.1 Å². The van der Waals surface area contributed by atoms with E-state index in [0.717, 1.165) is 5.30 Å². The van der Waals surface area contributed by atoms with Crippen molar-refractivity contribution in [2.45, 2.75) is 0 Å². The molecule has 0 nitrogen and oxygen atoms in total. The molecular weight excluding hydrogens is 307 g/mol. The molecule has 7 heteroatoms. The summed E-state index contributed by atoms with van der Waals surface area (Å²) in [7, 11) is 0. The van der Waals surface area contributed by atoms with Crippen molar-refractivity contribution in [2.24, 2.45) is 0 Å². The molecule has 0 aliphatic heterocycles. The van der Waals surface area contributed by atoms with Gasteiger partial charge >= 0.3 is 17.4 Å². The van der Waals surface area contributed by atoms with Gasteiger partial charge in [0, 0.05) is 5.30 Å². The summed E-state index contributed by atoms with van der Waals surface area (Å²) in [4.78, 5) is 0. The molecule has 0 atom stereocenters. The molecule has 0 aromatic heterocycles. The maximum absolute atomic E-state index is 5.63. The summed E-state index contributed by atoms with van der Waals surface area (Å²) in [5.74, 6) is 0. The number of hydrogen-bond acceptors (Lipinski definition) is 0. The Kier molecular flexibility index (Phi) is 25.2. The van der Waals surface area contributed by atoms with Gasteiger partial charge < -0.3 is 37.2 Å². The molecule has 0 aliphatic carbocycles. The Morgan fingerprint density at radius 3 is 1.46 bits per heavy atom. The molecule has 0 bridgehead atoms. The third-order valence-electron chi connectivity index (χ3n) is 0.951. The van der Waals surface area contributed by atoms with Crippen molar-refractivity contribution in [3.8, 4) is 0 Å². The minimum Gasteiger partial charge on any atom is -1.00 e. The number of rotatable bonds is 1. The first-order valence-corrected chi connectivity index (χ1v) is 5.62. The SMILES string of the molecule is ClP(Cl)c1ccccc1.[Al+3].[Cl-].[Cl-].[Cl-]. The van der Waals surface area contributed by atoms with Crippen molar-refractivity contribution in [2.75, 3.05) is 0 Å². The molecule has 0 spiro atoms. The van der Waals surface area contributed by atoms with E-state index in [4.69, 9.17) is 22.5 Å². The number of halogens is 5. The Morgan fingerprint density at radius 2 is 1.23 bits per heavy atom. The summed E-state index contributed by atoms with van der Waals surface area (Å²) in [6.07, 6.45) is 0. The van der Waals surface area contributed by atoms with Crippen LogP contribution in [0, 0.1) is 0 Å². The minimum absolute atomic E-state index is 0. The van der Waals surface area contributed by atoms with Crippen molar-refractivity contribution in [1.82, 2.24) is 0 Å². The molecule has 1 rings (SSSR count). The van der Waals surface area contributed by atoms with Crippen molar-refractivity contribution in [3.05, 3.63) is 30.3 Å². The predicted molar refractivity (Wildman–Crippen MR) is 50.5 cm³/mol. The zero-order chi connectivity index (χ0) is 6.69. The fourth-order valence-corrected chi connectivity index (χ4v) is 1.61. The van der Waals surface area contributed by atoms with Crippen LogP contribution in [0.25, 0.3) is 0 Å². The van der Waals surface area contributed by atoms with Crippen LogP contribution in [0.1, 0.15) is 0 Å². The fourth-order valence-electron chi connectivity index (χ4n) is 0.541. The molecule has 0 unspecified atom stereocenters. The van der Waals surface area contributed by atoms with Crippen LogP contribution in [0.15, 0.2) is 30.3 Å². The summed E-state index contributed by atoms with van der Waals surface area (Å²) >= 11 is 11.3. The maximum atomic E-state index is 5.63. The maximum Gasteiger partial charge on any atom is 3.00 e. The molecule has 0 saturated carbocycles. The van der Waals surface area contributed by atoms with Crippen molar-refractivity contribution in [3.63, 3.8) is 0 Å². The largest absolute Gasteiger partial charge is 3.00 e. The van der Waals surface area contributed by atoms with Crippen LogP contribution in [-0.4, -0.2) is 17.4 Å². The molecule has 1 aromatic rings. The zero-order valence-corrected chi connectivity index (χ0v) is 12.1. The number of hydrogen-bond donors (Lipinski definition) is 0. The number of benzene rings is 1. The van der Waals surface area contributed by atoms with E-state index in [1.165, 1.54) is 0 Å². The van der Waals surface area contributed by atoms with Gasteiger partial charge in [0.15, 0.2) is 0 Å². The molecule has 0 aliphatic rings. The van der Waals surface area contributed by atoms with Gasteiger partial charge in [0.1, 0.15) is 6.63 Å². The van der Waals surface area contributed by atoms with Crippen LogP contribution < -0.4 is 42.5 Å². The van der Waals surface area contributed by atoms with Crippen LogP contribution in [0.4, 0.5) is 0 Å². The van der Waals surface area contributed by atoms with Crippen LogP contribution in [0.5, 0.6) is 0 Å². The minimum atomic E-state index is -0.951. The molecule has 0 radical (unpaired) electrons. The quantitative estimate of drug-likeness (QED) is 0.358. The molecule has 0 N–H and O–H groups in total. The Labute approximate surface area is 118 Å². The van der Waals surface area contributed by atoms with Crippen molar-refractivity contribution >= 4 is 51.8 Å². The van der Waals surface area contributed by atoms with E-state index in [1.54, 1.807) is 0 Å². The fraction of sp³-hybridized carbons (Fsp3) is 0. The van der Waals surface area contributed by atoms with Crippen LogP contribution in [0.3, 0.4) is 0 Å². The summed E-state index contributed by atoms with van der Waals surface area (Å²) in [5, 5.41) is 1.01. The molecular formula is C6H5AlCl5P. The summed E-state index contributed by atoms with van der Waals surface area (Å²) in [6.45, 7) is -0.951. The molecule has 0 fully saturated rings. The van der Waals surface area contributed by atoms with Crippen molar-refractivity contribution < 1.29 is 37.2 Å². The van der Waals surface area contributed by atoms with Crippen molar-refractivity contribution in [1.29, 1.82) is 0 Å². The Bertz CT molecular complexity index is 184. The summed E-state index contributed by atoms with van der Waals surface area (Å²) in [5.41, 5.74) is 0. The van der Waals surface area contributed by atoms with Gasteiger partial charge in [-0.2, -0.15) is 0 Å². The van der Waals surface area contributed by atoms with Crippen LogP contribution in [-0.2, 0) is 0 Å². The monoisotopic (exact) mass is 310 g/mol. The van der Waals surface area contributed by atoms with E-state index in [2.05, 4.69) is 0 Å². The standard InChI is InChI=1S/C6H5Cl2P.Al.3ClH/c7-9(8)6-4-2-1-3-5-6;;;;/h1-5H;;3*1H/q;+3;;;/p-3. The Morgan fingerprint density at radius 1 is 0.846 bits per heavy atom. The third kappa shape index (κ3) is 9.93. The van der Waals surface area contributed by atoms with Gasteiger partial charge in [0.2, 0.25) is 0 Å². The summed E-state index contributed by atoms with van der Waals surface area (Å²) in [6, 6.07) is 9.64. The van der Waals surface area contributed by atoms with Gasteiger partial charge in [-0.1, -0.05) is 52.8 Å². The zero-order valence-electron chi connectivity index (χ0n) is 6.30. The molecule has 0 saturated heterocycles.